The van der Waals surface area contributed by atoms with Gasteiger partial charge in [0, 0.05) is 12.6 Å². The summed E-state index contributed by atoms with van der Waals surface area (Å²) < 4.78 is 0. The zero-order chi connectivity index (χ0) is 12.3. The fourth-order valence-electron chi connectivity index (χ4n) is 3.80. The van der Waals surface area contributed by atoms with Gasteiger partial charge in [0.2, 0.25) is 0 Å². The van der Waals surface area contributed by atoms with E-state index in [9.17, 15) is 0 Å². The number of hydrogen-bond acceptors (Lipinski definition) is 2. The first-order chi connectivity index (χ1) is 8.19. The molecular formula is C15H30N2. The van der Waals surface area contributed by atoms with E-state index in [4.69, 9.17) is 5.73 Å². The van der Waals surface area contributed by atoms with E-state index in [1.165, 1.54) is 58.0 Å². The summed E-state index contributed by atoms with van der Waals surface area (Å²) in [5.74, 6) is 0.926. The first-order valence-corrected chi connectivity index (χ1v) is 7.63. The molecule has 0 spiro atoms. The molecule has 0 radical (unpaired) electrons. The first kappa shape index (κ1) is 13.4. The molecule has 0 aromatic heterocycles. The summed E-state index contributed by atoms with van der Waals surface area (Å²) in [6.45, 7) is 8.21. The maximum Gasteiger partial charge on any atom is 0.00933 e. The lowest BCUT2D eigenvalue weighted by atomic mass is 9.70. The smallest absolute Gasteiger partial charge is 0.00933 e. The molecular weight excluding hydrogens is 208 g/mol. The Morgan fingerprint density at radius 3 is 2.53 bits per heavy atom. The summed E-state index contributed by atoms with van der Waals surface area (Å²) in [6, 6.07) is 0.845. The summed E-state index contributed by atoms with van der Waals surface area (Å²) >= 11 is 0. The van der Waals surface area contributed by atoms with Crippen molar-refractivity contribution in [2.45, 2.75) is 64.8 Å². The molecule has 2 rings (SSSR count). The second kappa shape index (κ2) is 5.71. The molecule has 2 heteroatoms. The van der Waals surface area contributed by atoms with Crippen molar-refractivity contribution in [3.8, 4) is 0 Å². The van der Waals surface area contributed by atoms with Crippen LogP contribution in [0.1, 0.15) is 58.8 Å². The van der Waals surface area contributed by atoms with Gasteiger partial charge in [0.05, 0.1) is 0 Å². The maximum atomic E-state index is 6.12. The number of rotatable bonds is 4. The van der Waals surface area contributed by atoms with E-state index in [0.29, 0.717) is 5.41 Å². The molecule has 0 amide bonds. The lowest BCUT2D eigenvalue weighted by Crippen LogP contribution is -2.46. The van der Waals surface area contributed by atoms with Crippen LogP contribution >= 0.6 is 0 Å². The van der Waals surface area contributed by atoms with Crippen molar-refractivity contribution in [1.82, 2.24) is 4.90 Å². The van der Waals surface area contributed by atoms with Crippen molar-refractivity contribution in [2.75, 3.05) is 19.6 Å². The van der Waals surface area contributed by atoms with E-state index in [1.54, 1.807) is 0 Å². The molecule has 1 saturated carbocycles. The molecule has 17 heavy (non-hydrogen) atoms. The quantitative estimate of drug-likeness (QED) is 0.816. The Morgan fingerprint density at radius 1 is 1.24 bits per heavy atom. The van der Waals surface area contributed by atoms with Crippen LogP contribution in [0.15, 0.2) is 0 Å². The summed E-state index contributed by atoms with van der Waals surface area (Å²) in [5, 5.41) is 0. The van der Waals surface area contributed by atoms with Crippen LogP contribution in [0.5, 0.6) is 0 Å². The Kier molecular flexibility index (Phi) is 4.48. The Labute approximate surface area is 107 Å². The molecule has 2 nitrogen and oxygen atoms in total. The SMILES string of the molecule is CCC1CCCN1CC1(CN)CCC(C)CC1. The number of nitrogens with zero attached hydrogens (tertiary/aromatic N) is 1. The third-order valence-electron chi connectivity index (χ3n) is 5.28. The van der Waals surface area contributed by atoms with E-state index in [2.05, 4.69) is 18.7 Å². The Morgan fingerprint density at radius 2 is 1.94 bits per heavy atom. The van der Waals surface area contributed by atoms with Crippen LogP contribution in [0.4, 0.5) is 0 Å². The molecule has 2 N–H and O–H groups in total. The van der Waals surface area contributed by atoms with Crippen molar-refractivity contribution < 1.29 is 0 Å². The van der Waals surface area contributed by atoms with E-state index < -0.39 is 0 Å². The Bertz CT molecular complexity index is 231. The third-order valence-corrected chi connectivity index (χ3v) is 5.28. The van der Waals surface area contributed by atoms with Crippen molar-refractivity contribution in [1.29, 1.82) is 0 Å². The van der Waals surface area contributed by atoms with Crippen LogP contribution in [0.25, 0.3) is 0 Å². The summed E-state index contributed by atoms with van der Waals surface area (Å²) in [7, 11) is 0. The maximum absolute atomic E-state index is 6.12. The Hall–Kier alpha value is -0.0800. The molecule has 100 valence electrons. The van der Waals surface area contributed by atoms with Crippen LogP contribution in [0.2, 0.25) is 0 Å². The molecule has 1 saturated heterocycles. The van der Waals surface area contributed by atoms with E-state index in [0.717, 1.165) is 18.5 Å². The zero-order valence-electron chi connectivity index (χ0n) is 11.8. The molecule has 2 aliphatic rings. The van der Waals surface area contributed by atoms with E-state index in [-0.39, 0.29) is 0 Å². The van der Waals surface area contributed by atoms with E-state index in [1.807, 2.05) is 0 Å². The molecule has 1 heterocycles. The fraction of sp³-hybridized carbons (Fsp3) is 1.00. The summed E-state index contributed by atoms with van der Waals surface area (Å²) in [6.07, 6.45) is 9.62. The van der Waals surface area contributed by atoms with Crippen LogP contribution in [-0.4, -0.2) is 30.6 Å². The van der Waals surface area contributed by atoms with Crippen LogP contribution < -0.4 is 5.73 Å². The predicted molar refractivity (Wildman–Crippen MR) is 74.0 cm³/mol. The number of nitrogens with two attached hydrogens (primary N) is 1. The first-order valence-electron chi connectivity index (χ1n) is 7.63. The third kappa shape index (κ3) is 3.03. The van der Waals surface area contributed by atoms with Gasteiger partial charge in [-0.25, -0.2) is 0 Å². The highest BCUT2D eigenvalue weighted by Crippen LogP contribution is 2.40. The van der Waals surface area contributed by atoms with Crippen LogP contribution in [-0.2, 0) is 0 Å². The van der Waals surface area contributed by atoms with Gasteiger partial charge in [-0.1, -0.05) is 26.7 Å². The highest BCUT2D eigenvalue weighted by atomic mass is 15.2. The number of hydrogen-bond donors (Lipinski definition) is 1. The van der Waals surface area contributed by atoms with Gasteiger partial charge in [-0.2, -0.15) is 0 Å². The normalized spacial score (nSPS) is 39.7. The molecule has 0 bridgehead atoms. The molecule has 1 unspecified atom stereocenters. The molecule has 1 aliphatic heterocycles. The average Bonchev–Trinajstić information content (AvgIpc) is 2.79. The average molecular weight is 238 g/mol. The van der Waals surface area contributed by atoms with E-state index >= 15 is 0 Å². The zero-order valence-corrected chi connectivity index (χ0v) is 11.8. The van der Waals surface area contributed by atoms with Crippen molar-refractivity contribution in [3.05, 3.63) is 0 Å². The molecule has 1 atom stereocenters. The monoisotopic (exact) mass is 238 g/mol. The van der Waals surface area contributed by atoms with Gasteiger partial charge in [0.15, 0.2) is 0 Å². The minimum Gasteiger partial charge on any atom is -0.330 e. The molecule has 0 aromatic carbocycles. The fourth-order valence-corrected chi connectivity index (χ4v) is 3.80. The van der Waals surface area contributed by atoms with Gasteiger partial charge in [-0.15, -0.1) is 0 Å². The molecule has 2 fully saturated rings. The molecule has 1 aliphatic carbocycles. The van der Waals surface area contributed by atoms with Crippen LogP contribution in [0, 0.1) is 11.3 Å². The van der Waals surface area contributed by atoms with Gasteiger partial charge < -0.3 is 5.73 Å². The summed E-state index contributed by atoms with van der Waals surface area (Å²) in [5.41, 5.74) is 6.57. The van der Waals surface area contributed by atoms with Gasteiger partial charge >= 0.3 is 0 Å². The van der Waals surface area contributed by atoms with Crippen molar-refractivity contribution in [2.24, 2.45) is 17.1 Å². The van der Waals surface area contributed by atoms with Crippen LogP contribution in [0.3, 0.4) is 0 Å². The highest BCUT2D eigenvalue weighted by molar-refractivity contribution is 4.91. The lowest BCUT2D eigenvalue weighted by Gasteiger charge is -2.42. The van der Waals surface area contributed by atoms with Gasteiger partial charge in [-0.3, -0.25) is 4.90 Å². The van der Waals surface area contributed by atoms with Gasteiger partial charge in [0.1, 0.15) is 0 Å². The summed E-state index contributed by atoms with van der Waals surface area (Å²) in [4.78, 5) is 2.74. The second-order valence-electron chi connectivity index (χ2n) is 6.56. The van der Waals surface area contributed by atoms with Crippen molar-refractivity contribution in [3.63, 3.8) is 0 Å². The Balaban J connectivity index is 1.94. The highest BCUT2D eigenvalue weighted by Gasteiger charge is 2.37. The molecule has 0 aromatic rings. The lowest BCUT2D eigenvalue weighted by molar-refractivity contribution is 0.0869. The number of likely N-dealkylation sites (tertiary alicyclic amines) is 1. The second-order valence-corrected chi connectivity index (χ2v) is 6.56. The largest absolute Gasteiger partial charge is 0.330 e. The minimum absolute atomic E-state index is 0.449. The standard InChI is InChI=1S/C15H30N2/c1-3-14-5-4-10-17(14)12-15(11-16)8-6-13(2)7-9-15/h13-14H,3-12,16H2,1-2H3. The van der Waals surface area contributed by atoms with Crippen molar-refractivity contribution >= 4 is 0 Å². The topological polar surface area (TPSA) is 29.3 Å². The minimum atomic E-state index is 0.449. The van der Waals surface area contributed by atoms with Gasteiger partial charge in [0.25, 0.3) is 0 Å². The van der Waals surface area contributed by atoms with Gasteiger partial charge in [-0.05, 0) is 56.5 Å². The predicted octanol–water partition coefficient (Wildman–Crippen LogP) is 3.02.